The molecule has 0 spiro atoms. The molecule has 1 saturated heterocycles. The van der Waals surface area contributed by atoms with Crippen LogP contribution in [0.4, 0.5) is 5.69 Å². The molecule has 162 valence electrons. The number of benzene rings is 3. The Bertz CT molecular complexity index is 1130. The van der Waals surface area contributed by atoms with Crippen LogP contribution in [-0.2, 0) is 11.2 Å². The van der Waals surface area contributed by atoms with Gasteiger partial charge in [-0.2, -0.15) is 0 Å². The molecule has 0 saturated carbocycles. The first-order valence-corrected chi connectivity index (χ1v) is 11.8. The topological polar surface area (TPSA) is 32.7 Å². The molecule has 0 unspecified atom stereocenters. The largest absolute Gasteiger partial charge is 0.286 e. The summed E-state index contributed by atoms with van der Waals surface area (Å²) in [6.45, 7) is 7.02. The number of aliphatic imine (C=N–C) groups is 1. The molecule has 0 radical (unpaired) electrons. The van der Waals surface area contributed by atoms with Gasteiger partial charge in [0.05, 0.1) is 10.6 Å². The lowest BCUT2D eigenvalue weighted by Gasteiger charge is -2.15. The van der Waals surface area contributed by atoms with Crippen LogP contribution in [0.3, 0.4) is 0 Å². The Morgan fingerprint density at radius 1 is 0.938 bits per heavy atom. The highest BCUT2D eigenvalue weighted by molar-refractivity contribution is 8.18. The van der Waals surface area contributed by atoms with Crippen molar-refractivity contribution >= 4 is 34.6 Å². The van der Waals surface area contributed by atoms with Crippen molar-refractivity contribution in [2.45, 2.75) is 33.1 Å². The molecule has 0 bridgehead atoms. The van der Waals surface area contributed by atoms with Crippen LogP contribution in [0.15, 0.2) is 88.8 Å². The van der Waals surface area contributed by atoms with Crippen LogP contribution >= 0.6 is 11.8 Å². The summed E-state index contributed by atoms with van der Waals surface area (Å²) < 4.78 is 0. The number of nitrogens with zero attached hydrogens (tertiary/aromatic N) is 2. The Hall–Kier alpha value is -3.11. The van der Waals surface area contributed by atoms with Gasteiger partial charge >= 0.3 is 0 Å². The Labute approximate surface area is 194 Å². The standard InChI is InChI=1S/C28H28N2OS/c1-20(2)24-13-11-23(12-14-24)19-26-27(31)30(18-17-22-7-5-4-6-8-22)28(32-26)29-25-15-9-21(3)10-16-25/h4-16,19-20H,17-18H2,1-3H3/b26-19+,29-28?. The molecular formula is C28H28N2OS. The molecule has 4 heteroatoms. The SMILES string of the molecule is Cc1ccc(N=C2S/C(=C/c3ccc(C(C)C)cc3)C(=O)N2CCc2ccccc2)cc1. The second kappa shape index (κ2) is 10.0. The Kier molecular flexibility index (Phi) is 6.91. The minimum Gasteiger partial charge on any atom is -0.286 e. The number of amides is 1. The van der Waals surface area contributed by atoms with E-state index in [0.29, 0.717) is 17.4 Å². The fourth-order valence-electron chi connectivity index (χ4n) is 3.53. The number of thioether (sulfide) groups is 1. The van der Waals surface area contributed by atoms with Gasteiger partial charge in [0.15, 0.2) is 5.17 Å². The van der Waals surface area contributed by atoms with E-state index in [0.717, 1.165) is 22.8 Å². The van der Waals surface area contributed by atoms with Crippen molar-refractivity contribution in [3.63, 3.8) is 0 Å². The number of amidine groups is 1. The third kappa shape index (κ3) is 5.38. The highest BCUT2D eigenvalue weighted by atomic mass is 32.2. The zero-order valence-corrected chi connectivity index (χ0v) is 19.6. The average molecular weight is 441 g/mol. The summed E-state index contributed by atoms with van der Waals surface area (Å²) >= 11 is 1.45. The first-order chi connectivity index (χ1) is 15.5. The summed E-state index contributed by atoms with van der Waals surface area (Å²) in [7, 11) is 0. The van der Waals surface area contributed by atoms with Crippen molar-refractivity contribution < 1.29 is 4.79 Å². The van der Waals surface area contributed by atoms with E-state index in [9.17, 15) is 4.79 Å². The maximum Gasteiger partial charge on any atom is 0.266 e. The Morgan fingerprint density at radius 3 is 2.28 bits per heavy atom. The lowest BCUT2D eigenvalue weighted by atomic mass is 10.0. The highest BCUT2D eigenvalue weighted by Crippen LogP contribution is 2.34. The maximum atomic E-state index is 13.3. The molecule has 32 heavy (non-hydrogen) atoms. The summed E-state index contributed by atoms with van der Waals surface area (Å²) in [4.78, 5) is 20.7. The van der Waals surface area contributed by atoms with Gasteiger partial charge in [-0.1, -0.05) is 86.1 Å². The van der Waals surface area contributed by atoms with Gasteiger partial charge in [-0.15, -0.1) is 0 Å². The molecule has 1 aliphatic heterocycles. The maximum absolute atomic E-state index is 13.3. The smallest absolute Gasteiger partial charge is 0.266 e. The van der Waals surface area contributed by atoms with Crippen LogP contribution in [0.5, 0.6) is 0 Å². The number of carbonyl (C=O) groups is 1. The van der Waals surface area contributed by atoms with Crippen LogP contribution in [-0.4, -0.2) is 22.5 Å². The van der Waals surface area contributed by atoms with Crippen molar-refractivity contribution in [1.29, 1.82) is 0 Å². The van der Waals surface area contributed by atoms with Gasteiger partial charge in [-0.05, 0) is 65.9 Å². The third-order valence-corrected chi connectivity index (χ3v) is 6.52. The minimum absolute atomic E-state index is 0.0183. The molecule has 0 aromatic heterocycles. The number of hydrogen-bond acceptors (Lipinski definition) is 3. The zero-order chi connectivity index (χ0) is 22.5. The number of hydrogen-bond donors (Lipinski definition) is 0. The lowest BCUT2D eigenvalue weighted by Crippen LogP contribution is -2.31. The van der Waals surface area contributed by atoms with E-state index in [1.165, 1.54) is 28.5 Å². The van der Waals surface area contributed by atoms with E-state index in [4.69, 9.17) is 4.99 Å². The van der Waals surface area contributed by atoms with Gasteiger partial charge in [-0.25, -0.2) is 4.99 Å². The fourth-order valence-corrected chi connectivity index (χ4v) is 4.56. The van der Waals surface area contributed by atoms with Crippen LogP contribution in [0.25, 0.3) is 6.08 Å². The number of aryl methyl sites for hydroxylation is 1. The van der Waals surface area contributed by atoms with Crippen molar-refractivity contribution in [1.82, 2.24) is 4.90 Å². The average Bonchev–Trinajstić information content (AvgIpc) is 3.09. The molecular weight excluding hydrogens is 412 g/mol. The van der Waals surface area contributed by atoms with E-state index < -0.39 is 0 Å². The minimum atomic E-state index is 0.0183. The Balaban J connectivity index is 1.61. The fraction of sp³-hybridized carbons (Fsp3) is 0.214. The molecule has 3 nitrogen and oxygen atoms in total. The van der Waals surface area contributed by atoms with E-state index in [-0.39, 0.29) is 5.91 Å². The molecule has 1 amide bonds. The Morgan fingerprint density at radius 2 is 1.62 bits per heavy atom. The third-order valence-electron chi connectivity index (χ3n) is 5.51. The van der Waals surface area contributed by atoms with E-state index >= 15 is 0 Å². The van der Waals surface area contributed by atoms with Gasteiger partial charge < -0.3 is 0 Å². The molecule has 4 rings (SSSR count). The first-order valence-electron chi connectivity index (χ1n) is 11.0. The van der Waals surface area contributed by atoms with Crippen LogP contribution in [0.1, 0.15) is 42.0 Å². The van der Waals surface area contributed by atoms with Crippen molar-refractivity contribution in [3.05, 3.63) is 106 Å². The van der Waals surface area contributed by atoms with E-state index in [2.05, 4.69) is 57.2 Å². The first kappa shape index (κ1) is 22.1. The normalized spacial score (nSPS) is 16.5. The van der Waals surface area contributed by atoms with Crippen LogP contribution in [0.2, 0.25) is 0 Å². The summed E-state index contributed by atoms with van der Waals surface area (Å²) in [6, 6.07) is 26.8. The second-order valence-electron chi connectivity index (χ2n) is 8.35. The molecule has 3 aromatic rings. The van der Waals surface area contributed by atoms with Gasteiger partial charge in [0.1, 0.15) is 0 Å². The molecule has 3 aromatic carbocycles. The van der Waals surface area contributed by atoms with Crippen molar-refractivity contribution in [2.75, 3.05) is 6.54 Å². The molecule has 1 aliphatic rings. The van der Waals surface area contributed by atoms with Gasteiger partial charge in [0.25, 0.3) is 5.91 Å². The van der Waals surface area contributed by atoms with Crippen LogP contribution < -0.4 is 0 Å². The number of carbonyl (C=O) groups excluding carboxylic acids is 1. The second-order valence-corrected chi connectivity index (χ2v) is 9.36. The predicted molar refractivity (Wildman–Crippen MR) is 136 cm³/mol. The summed E-state index contributed by atoms with van der Waals surface area (Å²) in [5.41, 5.74) is 5.59. The molecule has 0 atom stereocenters. The molecule has 1 fully saturated rings. The van der Waals surface area contributed by atoms with E-state index in [1.807, 2.05) is 53.4 Å². The van der Waals surface area contributed by atoms with Crippen LogP contribution in [0, 0.1) is 6.92 Å². The predicted octanol–water partition coefficient (Wildman–Crippen LogP) is 6.97. The van der Waals surface area contributed by atoms with Crippen molar-refractivity contribution in [3.8, 4) is 0 Å². The summed E-state index contributed by atoms with van der Waals surface area (Å²) in [6.07, 6.45) is 2.76. The quantitative estimate of drug-likeness (QED) is 0.388. The van der Waals surface area contributed by atoms with Gasteiger partial charge in [0, 0.05) is 6.54 Å². The number of rotatable bonds is 6. The van der Waals surface area contributed by atoms with E-state index in [1.54, 1.807) is 0 Å². The van der Waals surface area contributed by atoms with Gasteiger partial charge in [-0.3, -0.25) is 9.69 Å². The molecule has 0 N–H and O–H groups in total. The summed E-state index contributed by atoms with van der Waals surface area (Å²) in [5.74, 6) is 0.505. The highest BCUT2D eigenvalue weighted by Gasteiger charge is 2.33. The molecule has 1 heterocycles. The van der Waals surface area contributed by atoms with Crippen molar-refractivity contribution in [2.24, 2.45) is 4.99 Å². The monoisotopic (exact) mass is 440 g/mol. The lowest BCUT2D eigenvalue weighted by molar-refractivity contribution is -0.122. The van der Waals surface area contributed by atoms with Gasteiger partial charge in [0.2, 0.25) is 0 Å². The molecule has 0 aliphatic carbocycles. The summed E-state index contributed by atoms with van der Waals surface area (Å²) in [5, 5.41) is 0.736. The zero-order valence-electron chi connectivity index (χ0n) is 18.8.